The molecule has 0 N–H and O–H groups in total. The molecular weight excluding hydrogens is 707 g/mol. The second-order valence-corrected chi connectivity index (χ2v) is 18.3. The predicted octanol–water partition coefficient (Wildman–Crippen LogP) is 11.8. The standard InChI is InChI=1S/C54H39NOSi/c1-6-18-40(19-7-1)42-22-16-23-44(36-42)55(46-33-35-54-52(39-46)51-37-43(32-34-53(51)56-54)41-20-8-2-9-21-41)45-24-17-31-50(38-45)57(47-25-10-3-11-26-47,48-27-12-4-13-28-48)49-29-14-5-15-30-49/h1-39H. The van der Waals surface area contributed by atoms with E-state index in [4.69, 9.17) is 4.42 Å². The highest BCUT2D eigenvalue weighted by molar-refractivity contribution is 7.19. The predicted molar refractivity (Wildman–Crippen MR) is 243 cm³/mol. The molecule has 0 saturated heterocycles. The van der Waals surface area contributed by atoms with Crippen molar-refractivity contribution in [3.05, 3.63) is 237 Å². The highest BCUT2D eigenvalue weighted by Gasteiger charge is 2.41. The smallest absolute Gasteiger partial charge is 0.179 e. The molecule has 0 fully saturated rings. The van der Waals surface area contributed by atoms with E-state index in [0.717, 1.165) is 44.6 Å². The molecule has 0 amide bonds. The first-order valence-corrected chi connectivity index (χ1v) is 21.5. The topological polar surface area (TPSA) is 16.4 Å². The third-order valence-electron chi connectivity index (χ3n) is 11.2. The average Bonchev–Trinajstić information content (AvgIpc) is 3.66. The molecule has 10 aromatic rings. The van der Waals surface area contributed by atoms with Gasteiger partial charge in [-0.05, 0) is 97.6 Å². The van der Waals surface area contributed by atoms with Crippen molar-refractivity contribution in [2.24, 2.45) is 0 Å². The molecule has 0 saturated carbocycles. The highest BCUT2D eigenvalue weighted by atomic mass is 28.3. The maximum Gasteiger partial charge on any atom is 0.179 e. The van der Waals surface area contributed by atoms with E-state index in [1.807, 2.05) is 0 Å². The van der Waals surface area contributed by atoms with Crippen molar-refractivity contribution in [2.45, 2.75) is 0 Å². The monoisotopic (exact) mass is 745 g/mol. The summed E-state index contributed by atoms with van der Waals surface area (Å²) in [6.07, 6.45) is 0. The van der Waals surface area contributed by atoms with Crippen LogP contribution in [0, 0.1) is 0 Å². The number of fused-ring (bicyclic) bond motifs is 3. The van der Waals surface area contributed by atoms with E-state index in [-0.39, 0.29) is 0 Å². The molecule has 57 heavy (non-hydrogen) atoms. The van der Waals surface area contributed by atoms with Crippen LogP contribution in [-0.4, -0.2) is 8.07 Å². The molecule has 10 rings (SSSR count). The summed E-state index contributed by atoms with van der Waals surface area (Å²) in [7, 11) is -2.79. The number of furan rings is 1. The van der Waals surface area contributed by atoms with E-state index >= 15 is 0 Å². The lowest BCUT2D eigenvalue weighted by Gasteiger charge is -2.35. The normalized spacial score (nSPS) is 11.5. The molecule has 270 valence electrons. The second-order valence-electron chi connectivity index (χ2n) is 14.5. The Kier molecular flexibility index (Phi) is 8.90. The van der Waals surface area contributed by atoms with Crippen molar-refractivity contribution in [1.29, 1.82) is 0 Å². The van der Waals surface area contributed by atoms with Crippen LogP contribution in [0.3, 0.4) is 0 Å². The van der Waals surface area contributed by atoms with Gasteiger partial charge in [0.05, 0.1) is 0 Å². The molecule has 0 unspecified atom stereocenters. The van der Waals surface area contributed by atoms with Gasteiger partial charge in [-0.2, -0.15) is 0 Å². The van der Waals surface area contributed by atoms with E-state index in [2.05, 4.69) is 241 Å². The molecule has 3 heteroatoms. The van der Waals surface area contributed by atoms with Gasteiger partial charge in [-0.25, -0.2) is 0 Å². The van der Waals surface area contributed by atoms with Crippen LogP contribution in [0.4, 0.5) is 17.1 Å². The summed E-state index contributed by atoms with van der Waals surface area (Å²) in [4.78, 5) is 2.41. The van der Waals surface area contributed by atoms with E-state index in [0.29, 0.717) is 0 Å². The van der Waals surface area contributed by atoms with Crippen molar-refractivity contribution < 1.29 is 4.42 Å². The Morgan fingerprint density at radius 2 is 0.684 bits per heavy atom. The third kappa shape index (κ3) is 6.25. The number of rotatable bonds is 9. The summed E-state index contributed by atoms with van der Waals surface area (Å²) >= 11 is 0. The minimum atomic E-state index is -2.79. The van der Waals surface area contributed by atoms with Crippen LogP contribution in [0.1, 0.15) is 0 Å². The van der Waals surface area contributed by atoms with Gasteiger partial charge in [0.2, 0.25) is 0 Å². The Morgan fingerprint density at radius 1 is 0.281 bits per heavy atom. The largest absolute Gasteiger partial charge is 0.456 e. The van der Waals surface area contributed by atoms with Crippen molar-refractivity contribution >= 4 is 67.8 Å². The van der Waals surface area contributed by atoms with E-state index in [1.165, 1.54) is 37.4 Å². The summed E-state index contributed by atoms with van der Waals surface area (Å²) in [5.41, 5.74) is 9.68. The van der Waals surface area contributed by atoms with Gasteiger partial charge in [0.15, 0.2) is 8.07 Å². The minimum absolute atomic E-state index is 0.870. The van der Waals surface area contributed by atoms with E-state index in [1.54, 1.807) is 0 Å². The Labute approximate surface area is 334 Å². The minimum Gasteiger partial charge on any atom is -0.456 e. The van der Waals surface area contributed by atoms with E-state index < -0.39 is 8.07 Å². The molecule has 1 heterocycles. The second kappa shape index (κ2) is 14.8. The highest BCUT2D eigenvalue weighted by Crippen LogP contribution is 2.40. The van der Waals surface area contributed by atoms with Gasteiger partial charge in [0.25, 0.3) is 0 Å². The van der Waals surface area contributed by atoms with E-state index in [9.17, 15) is 0 Å². The maximum atomic E-state index is 6.46. The van der Waals surface area contributed by atoms with Gasteiger partial charge in [-0.1, -0.05) is 182 Å². The molecule has 0 aliphatic heterocycles. The van der Waals surface area contributed by atoms with Crippen LogP contribution >= 0.6 is 0 Å². The average molecular weight is 746 g/mol. The van der Waals surface area contributed by atoms with Gasteiger partial charge < -0.3 is 9.32 Å². The first-order valence-electron chi connectivity index (χ1n) is 19.5. The van der Waals surface area contributed by atoms with Gasteiger partial charge in [-0.3, -0.25) is 0 Å². The summed E-state index contributed by atoms with van der Waals surface area (Å²) < 4.78 is 6.46. The fraction of sp³-hybridized carbons (Fsp3) is 0. The van der Waals surface area contributed by atoms with Crippen molar-refractivity contribution in [1.82, 2.24) is 0 Å². The lowest BCUT2D eigenvalue weighted by Crippen LogP contribution is -2.74. The van der Waals surface area contributed by atoms with Crippen LogP contribution < -0.4 is 25.6 Å². The van der Waals surface area contributed by atoms with Crippen LogP contribution in [0.25, 0.3) is 44.2 Å². The van der Waals surface area contributed by atoms with Crippen molar-refractivity contribution in [3.8, 4) is 22.3 Å². The van der Waals surface area contributed by atoms with Gasteiger partial charge in [0, 0.05) is 27.8 Å². The molecular formula is C54H39NOSi. The van der Waals surface area contributed by atoms with Crippen LogP contribution in [0.2, 0.25) is 0 Å². The van der Waals surface area contributed by atoms with Crippen LogP contribution in [0.5, 0.6) is 0 Å². The number of nitrogens with zero attached hydrogens (tertiary/aromatic N) is 1. The van der Waals surface area contributed by atoms with Crippen molar-refractivity contribution in [3.63, 3.8) is 0 Å². The third-order valence-corrected chi connectivity index (χ3v) is 16.0. The summed E-state index contributed by atoms with van der Waals surface area (Å²) in [6, 6.07) is 85.9. The molecule has 0 bridgehead atoms. The number of benzene rings is 9. The zero-order valence-corrected chi connectivity index (χ0v) is 32.4. The number of hydrogen-bond donors (Lipinski definition) is 0. The van der Waals surface area contributed by atoms with Crippen molar-refractivity contribution in [2.75, 3.05) is 4.90 Å². The number of anilines is 3. The van der Waals surface area contributed by atoms with Gasteiger partial charge in [-0.15, -0.1) is 0 Å². The molecule has 2 nitrogen and oxygen atoms in total. The Bertz CT molecular complexity index is 2850. The van der Waals surface area contributed by atoms with Gasteiger partial charge in [0.1, 0.15) is 11.2 Å². The first-order chi connectivity index (χ1) is 28.3. The molecule has 0 spiro atoms. The van der Waals surface area contributed by atoms with Crippen LogP contribution in [0.15, 0.2) is 241 Å². The molecule has 0 radical (unpaired) electrons. The Morgan fingerprint density at radius 3 is 1.25 bits per heavy atom. The Balaban J connectivity index is 1.21. The molecule has 9 aromatic carbocycles. The maximum absolute atomic E-state index is 6.46. The fourth-order valence-corrected chi connectivity index (χ4v) is 13.3. The fourth-order valence-electron chi connectivity index (χ4n) is 8.56. The number of hydrogen-bond acceptors (Lipinski definition) is 2. The summed E-state index contributed by atoms with van der Waals surface area (Å²) in [5.74, 6) is 0. The molecule has 0 atom stereocenters. The lowest BCUT2D eigenvalue weighted by molar-refractivity contribution is 0.669. The summed E-state index contributed by atoms with van der Waals surface area (Å²) in [6.45, 7) is 0. The first kappa shape index (κ1) is 34.3. The molecule has 1 aromatic heterocycles. The quantitative estimate of drug-likeness (QED) is 0.108. The summed E-state index contributed by atoms with van der Waals surface area (Å²) in [5, 5.41) is 7.54. The Hall–Kier alpha value is -7.20. The SMILES string of the molecule is c1ccc(-c2cccc(N(c3cccc([Si](c4ccccc4)(c4ccccc4)c4ccccc4)c3)c3ccc4oc5ccc(-c6ccccc6)cc5c4c3)c2)cc1. The van der Waals surface area contributed by atoms with Crippen LogP contribution in [-0.2, 0) is 0 Å². The lowest BCUT2D eigenvalue weighted by atomic mass is 10.0. The molecule has 0 aliphatic rings. The van der Waals surface area contributed by atoms with Gasteiger partial charge >= 0.3 is 0 Å². The molecule has 0 aliphatic carbocycles. The zero-order chi connectivity index (χ0) is 38.0. The zero-order valence-electron chi connectivity index (χ0n) is 31.4.